The Hall–Kier alpha value is 0.0569. The molecule has 0 aliphatic rings. The number of ether oxygens (including phenoxy) is 1. The van der Waals surface area contributed by atoms with Crippen LogP contribution in [0.25, 0.3) is 0 Å². The molecule has 0 aromatic rings. The van der Waals surface area contributed by atoms with Crippen molar-refractivity contribution in [3.05, 3.63) is 0 Å². The third kappa shape index (κ3) is 13.1. The maximum Gasteiger partial charge on any atom is 0.335 e. The van der Waals surface area contributed by atoms with Gasteiger partial charge in [0.25, 0.3) is 0 Å². The molecule has 0 atom stereocenters. The van der Waals surface area contributed by atoms with Gasteiger partial charge in [-0.2, -0.15) is 0 Å². The van der Waals surface area contributed by atoms with Crippen LogP contribution in [0, 0.1) is 0 Å². The molecule has 2 N–H and O–H groups in total. The highest BCUT2D eigenvalue weighted by Gasteiger charge is 2.30. The van der Waals surface area contributed by atoms with E-state index >= 15 is 0 Å². The van der Waals surface area contributed by atoms with Gasteiger partial charge in [0.1, 0.15) is 0 Å². The third-order valence-corrected chi connectivity index (χ3v) is 5.97. The molecular formula is C15H36O4Si. The molecule has 5 heteroatoms. The van der Waals surface area contributed by atoms with Crippen LogP contribution in [0.5, 0.6) is 0 Å². The van der Waals surface area contributed by atoms with Crippen molar-refractivity contribution in [3.8, 4) is 0 Å². The summed E-state index contributed by atoms with van der Waals surface area (Å²) in [6, 6.07) is 1.05. The molecule has 0 bridgehead atoms. The average Bonchev–Trinajstić information content (AvgIpc) is 2.39. The molecule has 4 nitrogen and oxygen atoms in total. The summed E-state index contributed by atoms with van der Waals surface area (Å²) >= 11 is 0. The van der Waals surface area contributed by atoms with Gasteiger partial charge >= 0.3 is 8.56 Å². The van der Waals surface area contributed by atoms with Crippen molar-refractivity contribution in [2.75, 3.05) is 26.4 Å². The van der Waals surface area contributed by atoms with Gasteiger partial charge in [0.2, 0.25) is 0 Å². The Morgan fingerprint density at radius 1 is 0.700 bits per heavy atom. The topological polar surface area (TPSA) is 59.2 Å². The van der Waals surface area contributed by atoms with Gasteiger partial charge in [0, 0.05) is 26.4 Å². The van der Waals surface area contributed by atoms with Crippen LogP contribution < -0.4 is 0 Å². The van der Waals surface area contributed by atoms with Gasteiger partial charge in [-0.15, -0.1) is 0 Å². The van der Waals surface area contributed by atoms with E-state index in [1.807, 2.05) is 0 Å². The third-order valence-electron chi connectivity index (χ3n) is 3.08. The normalized spacial score (nSPS) is 11.4. The number of unbranched alkanes of at least 4 members (excludes halogenated alkanes) is 2. The molecule has 0 unspecified atom stereocenters. The maximum atomic E-state index is 6.08. The van der Waals surface area contributed by atoms with E-state index in [1.165, 1.54) is 12.8 Å². The fraction of sp³-hybridized carbons (Fsp3) is 1.00. The zero-order valence-electron chi connectivity index (χ0n) is 14.0. The Balaban J connectivity index is 0. The minimum Gasteiger partial charge on any atom is -0.412 e. The highest BCUT2D eigenvalue weighted by Crippen LogP contribution is 2.17. The molecule has 0 aliphatic heterocycles. The maximum absolute atomic E-state index is 6.08. The zero-order valence-corrected chi connectivity index (χ0v) is 15.0. The minimum absolute atomic E-state index is 0. The largest absolute Gasteiger partial charge is 0.412 e. The molecule has 0 aromatic carbocycles. The number of rotatable bonds is 14. The van der Waals surface area contributed by atoms with E-state index in [1.54, 1.807) is 0 Å². The van der Waals surface area contributed by atoms with Crippen LogP contribution in [0.2, 0.25) is 12.6 Å². The van der Waals surface area contributed by atoms with Crippen molar-refractivity contribution in [3.63, 3.8) is 0 Å². The van der Waals surface area contributed by atoms with Crippen LogP contribution in [0.1, 0.15) is 59.3 Å². The molecule has 0 saturated carbocycles. The van der Waals surface area contributed by atoms with Gasteiger partial charge < -0.3 is 19.1 Å². The predicted molar refractivity (Wildman–Crippen MR) is 87.5 cm³/mol. The van der Waals surface area contributed by atoms with E-state index in [4.69, 9.17) is 13.6 Å². The molecule has 0 aliphatic carbocycles. The number of hydrogen-bond donors (Lipinski definition) is 0. The second kappa shape index (κ2) is 15.4. The Bertz CT molecular complexity index is 181. The summed E-state index contributed by atoms with van der Waals surface area (Å²) in [5.74, 6) is 0. The van der Waals surface area contributed by atoms with Crippen LogP contribution in [0.4, 0.5) is 0 Å². The molecule has 0 fully saturated rings. The highest BCUT2D eigenvalue weighted by atomic mass is 28.4. The SMILES string of the molecule is CCCCO[Si](C)(CCCOCCC)OCCCC.O. The lowest BCUT2D eigenvalue weighted by Gasteiger charge is -2.27. The second-order valence-corrected chi connectivity index (χ2v) is 8.60. The predicted octanol–water partition coefficient (Wildman–Crippen LogP) is 3.68. The van der Waals surface area contributed by atoms with Crippen molar-refractivity contribution in [2.45, 2.75) is 71.9 Å². The summed E-state index contributed by atoms with van der Waals surface area (Å²) in [4.78, 5) is 0. The molecule has 0 heterocycles. The van der Waals surface area contributed by atoms with Gasteiger partial charge in [0.15, 0.2) is 0 Å². The highest BCUT2D eigenvalue weighted by molar-refractivity contribution is 6.66. The molecule has 20 heavy (non-hydrogen) atoms. The standard InChI is InChI=1S/C15H34O3Si.H2O/c1-5-8-13-17-19(4,18-14-9-6-2)15-10-12-16-11-7-3;/h5-15H2,1-4H3;1H2. The van der Waals surface area contributed by atoms with Gasteiger partial charge in [-0.3, -0.25) is 0 Å². The van der Waals surface area contributed by atoms with Crippen molar-refractivity contribution in [1.82, 2.24) is 0 Å². The lowest BCUT2D eigenvalue weighted by atomic mass is 10.4. The molecule has 0 saturated heterocycles. The van der Waals surface area contributed by atoms with Gasteiger partial charge in [-0.1, -0.05) is 33.6 Å². The summed E-state index contributed by atoms with van der Waals surface area (Å²) in [5.41, 5.74) is 0. The van der Waals surface area contributed by atoms with Gasteiger partial charge in [-0.05, 0) is 38.3 Å². The van der Waals surface area contributed by atoms with Crippen molar-refractivity contribution in [1.29, 1.82) is 0 Å². The quantitative estimate of drug-likeness (QED) is 0.363. The van der Waals surface area contributed by atoms with Crippen LogP contribution in [0.3, 0.4) is 0 Å². The monoisotopic (exact) mass is 308 g/mol. The van der Waals surface area contributed by atoms with Crippen LogP contribution >= 0.6 is 0 Å². The molecular weight excluding hydrogens is 272 g/mol. The van der Waals surface area contributed by atoms with E-state index in [0.717, 1.165) is 58.2 Å². The van der Waals surface area contributed by atoms with Crippen molar-refractivity contribution < 1.29 is 19.1 Å². The first-order valence-corrected chi connectivity index (χ1v) is 10.6. The summed E-state index contributed by atoms with van der Waals surface area (Å²) in [5, 5.41) is 0. The molecule has 124 valence electrons. The van der Waals surface area contributed by atoms with Crippen molar-refractivity contribution >= 4 is 8.56 Å². The van der Waals surface area contributed by atoms with E-state index in [9.17, 15) is 0 Å². The van der Waals surface area contributed by atoms with Gasteiger partial charge in [0.05, 0.1) is 0 Å². The summed E-state index contributed by atoms with van der Waals surface area (Å²) in [7, 11) is -1.96. The summed E-state index contributed by atoms with van der Waals surface area (Å²) < 4.78 is 17.7. The Morgan fingerprint density at radius 3 is 1.70 bits per heavy atom. The number of hydrogen-bond acceptors (Lipinski definition) is 3. The Labute approximate surface area is 126 Å². The zero-order chi connectivity index (χ0) is 14.4. The smallest absolute Gasteiger partial charge is 0.335 e. The molecule has 0 aromatic heterocycles. The first-order valence-electron chi connectivity index (χ1n) is 8.04. The Kier molecular flexibility index (Phi) is 17.3. The second-order valence-electron chi connectivity index (χ2n) is 5.25. The van der Waals surface area contributed by atoms with Crippen LogP contribution in [-0.4, -0.2) is 40.5 Å². The first-order chi connectivity index (χ1) is 9.18. The molecule has 0 radical (unpaired) electrons. The van der Waals surface area contributed by atoms with Crippen LogP contribution in [0.15, 0.2) is 0 Å². The lowest BCUT2D eigenvalue weighted by molar-refractivity contribution is 0.127. The van der Waals surface area contributed by atoms with E-state index < -0.39 is 8.56 Å². The van der Waals surface area contributed by atoms with Gasteiger partial charge in [-0.25, -0.2) is 0 Å². The first kappa shape index (κ1) is 22.3. The summed E-state index contributed by atoms with van der Waals surface area (Å²) in [6.07, 6.45) is 6.77. The van der Waals surface area contributed by atoms with Crippen LogP contribution in [-0.2, 0) is 13.6 Å². The molecule has 0 amide bonds. The van der Waals surface area contributed by atoms with E-state index in [2.05, 4.69) is 27.3 Å². The fourth-order valence-electron chi connectivity index (χ4n) is 1.79. The molecule has 0 spiro atoms. The Morgan fingerprint density at radius 2 is 1.25 bits per heavy atom. The van der Waals surface area contributed by atoms with Crippen molar-refractivity contribution in [2.24, 2.45) is 0 Å². The summed E-state index contributed by atoms with van der Waals surface area (Å²) in [6.45, 7) is 12.1. The lowest BCUT2D eigenvalue weighted by Crippen LogP contribution is -2.39. The molecule has 0 rings (SSSR count). The fourth-order valence-corrected chi connectivity index (χ4v) is 4.10. The van der Waals surface area contributed by atoms with E-state index in [-0.39, 0.29) is 5.48 Å². The van der Waals surface area contributed by atoms with E-state index in [0.29, 0.717) is 0 Å². The minimum atomic E-state index is -1.96. The average molecular weight is 309 g/mol.